The Balaban J connectivity index is 1.96. The van der Waals surface area contributed by atoms with Crippen molar-refractivity contribution in [3.63, 3.8) is 0 Å². The first-order chi connectivity index (χ1) is 10.00. The second-order valence-electron chi connectivity index (χ2n) is 5.51. The minimum Gasteiger partial charge on any atom is -0.497 e. The number of ether oxygens (including phenoxy) is 1. The first-order valence-electron chi connectivity index (χ1n) is 6.85. The lowest BCUT2D eigenvalue weighted by molar-refractivity contribution is 0.0387. The van der Waals surface area contributed by atoms with E-state index in [2.05, 4.69) is 15.9 Å². The SMILES string of the molecule is COc1ccc2c(c1)C(O)(Cc1cc(F)cc(Br)c1)CC2. The van der Waals surface area contributed by atoms with Crippen LogP contribution in [-0.2, 0) is 18.4 Å². The molecule has 0 heterocycles. The van der Waals surface area contributed by atoms with E-state index in [1.165, 1.54) is 12.1 Å². The van der Waals surface area contributed by atoms with Crippen LogP contribution in [-0.4, -0.2) is 12.2 Å². The van der Waals surface area contributed by atoms with Crippen molar-refractivity contribution in [2.24, 2.45) is 0 Å². The number of rotatable bonds is 3. The molecule has 21 heavy (non-hydrogen) atoms. The number of halogens is 2. The fourth-order valence-corrected chi connectivity index (χ4v) is 3.56. The van der Waals surface area contributed by atoms with E-state index in [0.29, 0.717) is 17.3 Å². The van der Waals surface area contributed by atoms with Crippen LogP contribution in [0.15, 0.2) is 40.9 Å². The Kier molecular flexibility index (Phi) is 3.76. The molecule has 1 aliphatic carbocycles. The second-order valence-corrected chi connectivity index (χ2v) is 6.42. The van der Waals surface area contributed by atoms with Crippen LogP contribution >= 0.6 is 15.9 Å². The zero-order valence-corrected chi connectivity index (χ0v) is 13.3. The quantitative estimate of drug-likeness (QED) is 0.907. The highest BCUT2D eigenvalue weighted by Gasteiger charge is 2.37. The molecule has 0 aromatic heterocycles. The van der Waals surface area contributed by atoms with Crippen LogP contribution in [0.5, 0.6) is 5.75 Å². The summed E-state index contributed by atoms with van der Waals surface area (Å²) in [4.78, 5) is 0. The highest BCUT2D eigenvalue weighted by atomic mass is 79.9. The van der Waals surface area contributed by atoms with Gasteiger partial charge >= 0.3 is 0 Å². The fraction of sp³-hybridized carbons (Fsp3) is 0.294. The van der Waals surface area contributed by atoms with Crippen LogP contribution in [0.1, 0.15) is 23.1 Å². The molecule has 1 N–H and O–H groups in total. The summed E-state index contributed by atoms with van der Waals surface area (Å²) in [7, 11) is 1.61. The van der Waals surface area contributed by atoms with Gasteiger partial charge in [-0.3, -0.25) is 0 Å². The molecule has 110 valence electrons. The summed E-state index contributed by atoms with van der Waals surface area (Å²) in [6.07, 6.45) is 1.86. The van der Waals surface area contributed by atoms with Gasteiger partial charge in [0.05, 0.1) is 12.7 Å². The van der Waals surface area contributed by atoms with Crippen molar-refractivity contribution in [3.8, 4) is 5.75 Å². The summed E-state index contributed by atoms with van der Waals surface area (Å²) in [5, 5.41) is 11.0. The summed E-state index contributed by atoms with van der Waals surface area (Å²) in [5.74, 6) is 0.432. The summed E-state index contributed by atoms with van der Waals surface area (Å²) < 4.78 is 19.4. The van der Waals surface area contributed by atoms with Gasteiger partial charge in [-0.15, -0.1) is 0 Å². The van der Waals surface area contributed by atoms with Gasteiger partial charge in [0.15, 0.2) is 0 Å². The molecular weight excluding hydrogens is 335 g/mol. The van der Waals surface area contributed by atoms with E-state index in [1.807, 2.05) is 24.3 Å². The molecule has 2 aromatic rings. The number of benzene rings is 2. The zero-order chi connectivity index (χ0) is 15.0. The van der Waals surface area contributed by atoms with Gasteiger partial charge in [0.2, 0.25) is 0 Å². The van der Waals surface area contributed by atoms with Crippen molar-refractivity contribution in [3.05, 3.63) is 63.4 Å². The monoisotopic (exact) mass is 350 g/mol. The van der Waals surface area contributed by atoms with E-state index in [-0.39, 0.29) is 5.82 Å². The Hall–Kier alpha value is -1.39. The third-order valence-electron chi connectivity index (χ3n) is 4.05. The van der Waals surface area contributed by atoms with Crippen LogP contribution in [0.3, 0.4) is 0 Å². The van der Waals surface area contributed by atoms with Crippen LogP contribution < -0.4 is 4.74 Å². The molecule has 0 radical (unpaired) electrons. The van der Waals surface area contributed by atoms with Gasteiger partial charge in [-0.2, -0.15) is 0 Å². The van der Waals surface area contributed by atoms with Crippen LogP contribution in [0, 0.1) is 5.82 Å². The van der Waals surface area contributed by atoms with Crippen molar-refractivity contribution in [1.82, 2.24) is 0 Å². The Labute approximate surface area is 131 Å². The molecule has 0 saturated carbocycles. The lowest BCUT2D eigenvalue weighted by Gasteiger charge is -2.24. The predicted molar refractivity (Wildman–Crippen MR) is 83.0 cm³/mol. The first-order valence-corrected chi connectivity index (χ1v) is 7.64. The molecule has 2 nitrogen and oxygen atoms in total. The van der Waals surface area contributed by atoms with Crippen LogP contribution in [0.2, 0.25) is 0 Å². The molecule has 1 atom stereocenters. The Morgan fingerprint density at radius 3 is 2.81 bits per heavy atom. The maximum absolute atomic E-state index is 13.5. The maximum Gasteiger partial charge on any atom is 0.124 e. The topological polar surface area (TPSA) is 29.5 Å². The number of hydrogen-bond acceptors (Lipinski definition) is 2. The van der Waals surface area contributed by atoms with Gasteiger partial charge in [0.1, 0.15) is 11.6 Å². The van der Waals surface area contributed by atoms with Crippen molar-refractivity contribution in [2.75, 3.05) is 7.11 Å². The highest BCUT2D eigenvalue weighted by molar-refractivity contribution is 9.10. The Morgan fingerprint density at radius 2 is 2.10 bits per heavy atom. The van der Waals surface area contributed by atoms with E-state index >= 15 is 0 Å². The molecule has 2 aromatic carbocycles. The van der Waals surface area contributed by atoms with Gasteiger partial charge in [-0.05, 0) is 59.9 Å². The molecule has 1 aliphatic rings. The molecule has 0 saturated heterocycles. The Morgan fingerprint density at radius 1 is 1.29 bits per heavy atom. The molecule has 0 fully saturated rings. The minimum absolute atomic E-state index is 0.299. The van der Waals surface area contributed by atoms with Crippen LogP contribution in [0.4, 0.5) is 4.39 Å². The number of fused-ring (bicyclic) bond motifs is 1. The number of aryl methyl sites for hydroxylation is 1. The molecule has 4 heteroatoms. The first kappa shape index (κ1) is 14.5. The van der Waals surface area contributed by atoms with E-state index in [1.54, 1.807) is 7.11 Å². The average molecular weight is 351 g/mol. The molecule has 3 rings (SSSR count). The smallest absolute Gasteiger partial charge is 0.124 e. The van der Waals surface area contributed by atoms with Crippen molar-refractivity contribution >= 4 is 15.9 Å². The Bertz CT molecular complexity index is 666. The van der Waals surface area contributed by atoms with E-state index in [9.17, 15) is 9.50 Å². The van der Waals surface area contributed by atoms with E-state index in [0.717, 1.165) is 28.9 Å². The minimum atomic E-state index is -0.961. The standard InChI is InChI=1S/C17H16BrFO2/c1-21-15-3-2-12-4-5-17(20,16(12)9-15)10-11-6-13(18)8-14(19)7-11/h2-3,6-9,20H,4-5,10H2,1H3. The number of hydrogen-bond donors (Lipinski definition) is 1. The normalized spacial score (nSPS) is 20.4. The number of aliphatic hydroxyl groups is 1. The second kappa shape index (κ2) is 5.43. The molecule has 0 aliphatic heterocycles. The van der Waals surface area contributed by atoms with E-state index in [4.69, 9.17) is 4.74 Å². The molecular formula is C17H16BrFO2. The molecule has 0 amide bonds. The summed E-state index contributed by atoms with van der Waals surface area (Å²) >= 11 is 3.29. The average Bonchev–Trinajstić information content (AvgIpc) is 2.74. The number of methoxy groups -OCH3 is 1. The summed E-state index contributed by atoms with van der Waals surface area (Å²) in [6.45, 7) is 0. The van der Waals surface area contributed by atoms with Gasteiger partial charge in [0, 0.05) is 10.9 Å². The maximum atomic E-state index is 13.5. The van der Waals surface area contributed by atoms with Gasteiger partial charge in [0.25, 0.3) is 0 Å². The van der Waals surface area contributed by atoms with Crippen LogP contribution in [0.25, 0.3) is 0 Å². The lowest BCUT2D eigenvalue weighted by atomic mass is 9.88. The van der Waals surface area contributed by atoms with Gasteiger partial charge in [-0.25, -0.2) is 4.39 Å². The van der Waals surface area contributed by atoms with Gasteiger partial charge < -0.3 is 9.84 Å². The van der Waals surface area contributed by atoms with Crippen molar-refractivity contribution in [1.29, 1.82) is 0 Å². The fourth-order valence-electron chi connectivity index (χ4n) is 3.04. The lowest BCUT2D eigenvalue weighted by Crippen LogP contribution is -2.25. The third-order valence-corrected chi connectivity index (χ3v) is 4.50. The third kappa shape index (κ3) is 2.83. The summed E-state index contributed by atoms with van der Waals surface area (Å²) in [6, 6.07) is 10.5. The van der Waals surface area contributed by atoms with Crippen molar-refractivity contribution in [2.45, 2.75) is 24.9 Å². The highest BCUT2D eigenvalue weighted by Crippen LogP contribution is 2.41. The largest absolute Gasteiger partial charge is 0.497 e. The predicted octanol–water partition coefficient (Wildman–Crippen LogP) is 3.97. The molecule has 1 unspecified atom stereocenters. The zero-order valence-electron chi connectivity index (χ0n) is 11.7. The summed E-state index contributed by atoms with van der Waals surface area (Å²) in [5.41, 5.74) is 1.84. The van der Waals surface area contributed by atoms with Crippen molar-refractivity contribution < 1.29 is 14.2 Å². The molecule has 0 spiro atoms. The molecule has 0 bridgehead atoms. The van der Waals surface area contributed by atoms with E-state index < -0.39 is 5.60 Å². The van der Waals surface area contributed by atoms with Gasteiger partial charge in [-0.1, -0.05) is 22.0 Å².